The molecule has 0 aliphatic heterocycles. The van der Waals surface area contributed by atoms with Crippen molar-refractivity contribution < 1.29 is 9.18 Å². The van der Waals surface area contributed by atoms with Gasteiger partial charge >= 0.3 is 0 Å². The van der Waals surface area contributed by atoms with Crippen LogP contribution in [0.2, 0.25) is 5.02 Å². The van der Waals surface area contributed by atoms with E-state index in [-0.39, 0.29) is 10.6 Å². The first kappa shape index (κ1) is 13.5. The number of nitrogens with one attached hydrogen (secondary N) is 1. The van der Waals surface area contributed by atoms with Gasteiger partial charge in [-0.3, -0.25) is 4.79 Å². The van der Waals surface area contributed by atoms with Gasteiger partial charge in [0.25, 0.3) is 5.91 Å². The topological polar surface area (TPSA) is 29.1 Å². The molecule has 1 aromatic heterocycles. The van der Waals surface area contributed by atoms with Gasteiger partial charge in [0.05, 0.1) is 20.9 Å². The van der Waals surface area contributed by atoms with E-state index >= 15 is 0 Å². The highest BCUT2D eigenvalue weighted by molar-refractivity contribution is 9.11. The Kier molecular flexibility index (Phi) is 4.37. The third-order valence-electron chi connectivity index (χ3n) is 2.24. The summed E-state index contributed by atoms with van der Waals surface area (Å²) in [5.41, 5.74) is -0.116. The van der Waals surface area contributed by atoms with Crippen molar-refractivity contribution in [2.24, 2.45) is 0 Å². The Morgan fingerprint density at radius 3 is 2.78 bits per heavy atom. The van der Waals surface area contributed by atoms with Crippen molar-refractivity contribution in [3.63, 3.8) is 0 Å². The van der Waals surface area contributed by atoms with Gasteiger partial charge in [0.2, 0.25) is 0 Å². The number of rotatable bonds is 3. The second-order valence-electron chi connectivity index (χ2n) is 3.49. The van der Waals surface area contributed by atoms with Crippen molar-refractivity contribution in [2.45, 2.75) is 6.54 Å². The lowest BCUT2D eigenvalue weighted by atomic mass is 10.2. The Hall–Kier alpha value is -0.910. The second kappa shape index (κ2) is 5.82. The normalized spacial score (nSPS) is 10.4. The summed E-state index contributed by atoms with van der Waals surface area (Å²) in [7, 11) is 0. The summed E-state index contributed by atoms with van der Waals surface area (Å²) in [5.74, 6) is -1.13. The summed E-state index contributed by atoms with van der Waals surface area (Å²) in [6, 6.07) is 7.94. The molecule has 0 atom stereocenters. The molecule has 1 aromatic carbocycles. The van der Waals surface area contributed by atoms with Gasteiger partial charge in [-0.25, -0.2) is 4.39 Å². The lowest BCUT2D eigenvalue weighted by Gasteiger charge is -2.06. The largest absolute Gasteiger partial charge is 0.347 e. The highest BCUT2D eigenvalue weighted by atomic mass is 79.9. The number of carbonyl (C=O) groups excluding carboxylic acids is 1. The van der Waals surface area contributed by atoms with Gasteiger partial charge in [0, 0.05) is 4.88 Å². The molecule has 0 spiro atoms. The molecule has 2 nitrogen and oxygen atoms in total. The number of thiophene rings is 1. The van der Waals surface area contributed by atoms with E-state index in [2.05, 4.69) is 21.2 Å². The Labute approximate surface area is 121 Å². The van der Waals surface area contributed by atoms with Crippen LogP contribution in [-0.4, -0.2) is 5.91 Å². The number of benzene rings is 1. The quantitative estimate of drug-likeness (QED) is 0.883. The van der Waals surface area contributed by atoms with Crippen molar-refractivity contribution in [1.82, 2.24) is 5.32 Å². The summed E-state index contributed by atoms with van der Waals surface area (Å²) >= 11 is 10.6. The van der Waals surface area contributed by atoms with Gasteiger partial charge in [-0.05, 0) is 40.2 Å². The minimum absolute atomic E-state index is 0.111. The average Bonchev–Trinajstić information content (AvgIpc) is 2.72. The fraction of sp³-hybridized carbons (Fsp3) is 0.0833. The first-order valence-electron chi connectivity index (χ1n) is 5.04. The van der Waals surface area contributed by atoms with E-state index in [4.69, 9.17) is 11.6 Å². The van der Waals surface area contributed by atoms with Gasteiger partial charge in [-0.15, -0.1) is 11.3 Å². The SMILES string of the molecule is O=C(NCc1ccc(Br)s1)c1c(F)cccc1Cl. The van der Waals surface area contributed by atoms with Crippen LogP contribution in [-0.2, 0) is 6.54 Å². The third kappa shape index (κ3) is 3.10. The van der Waals surface area contributed by atoms with E-state index in [0.29, 0.717) is 6.54 Å². The predicted octanol–water partition coefficient (Wildman–Crippen LogP) is 4.23. The van der Waals surface area contributed by atoms with Crippen LogP contribution < -0.4 is 5.32 Å². The van der Waals surface area contributed by atoms with Crippen molar-refractivity contribution in [3.05, 3.63) is 55.4 Å². The molecule has 0 bridgehead atoms. The fourth-order valence-corrected chi connectivity index (χ4v) is 3.09. The summed E-state index contributed by atoms with van der Waals surface area (Å²) in [6.45, 7) is 0.347. The fourth-order valence-electron chi connectivity index (χ4n) is 1.42. The van der Waals surface area contributed by atoms with Crippen LogP contribution in [0.4, 0.5) is 4.39 Å². The molecule has 0 aliphatic rings. The van der Waals surface area contributed by atoms with Crippen LogP contribution in [0, 0.1) is 5.82 Å². The zero-order valence-electron chi connectivity index (χ0n) is 9.04. The number of halogens is 3. The van der Waals surface area contributed by atoms with Crippen molar-refractivity contribution in [3.8, 4) is 0 Å². The predicted molar refractivity (Wildman–Crippen MR) is 74.6 cm³/mol. The minimum atomic E-state index is -0.618. The van der Waals surface area contributed by atoms with Gasteiger partial charge in [-0.2, -0.15) is 0 Å². The standard InChI is InChI=1S/C12H8BrClFNOS/c13-10-5-4-7(18-10)6-16-12(17)11-8(14)2-1-3-9(11)15/h1-5H,6H2,(H,16,17). The van der Waals surface area contributed by atoms with Crippen molar-refractivity contribution in [1.29, 1.82) is 0 Å². The highest BCUT2D eigenvalue weighted by Gasteiger charge is 2.15. The first-order valence-corrected chi connectivity index (χ1v) is 7.03. The summed E-state index contributed by atoms with van der Waals surface area (Å²) in [6.07, 6.45) is 0. The van der Waals surface area contributed by atoms with Crippen LogP contribution in [0.1, 0.15) is 15.2 Å². The molecule has 0 radical (unpaired) electrons. The maximum absolute atomic E-state index is 13.5. The van der Waals surface area contributed by atoms with E-state index in [1.807, 2.05) is 12.1 Å². The molecule has 2 aromatic rings. The number of hydrogen-bond donors (Lipinski definition) is 1. The van der Waals surface area contributed by atoms with Gasteiger partial charge in [0.15, 0.2) is 0 Å². The highest BCUT2D eigenvalue weighted by Crippen LogP contribution is 2.22. The molecule has 0 fully saturated rings. The van der Waals surface area contributed by atoms with Gasteiger partial charge < -0.3 is 5.32 Å². The lowest BCUT2D eigenvalue weighted by molar-refractivity contribution is 0.0947. The zero-order valence-corrected chi connectivity index (χ0v) is 12.2. The number of hydrogen-bond acceptors (Lipinski definition) is 2. The van der Waals surface area contributed by atoms with E-state index in [9.17, 15) is 9.18 Å². The minimum Gasteiger partial charge on any atom is -0.347 e. The molecule has 2 rings (SSSR count). The molecule has 1 N–H and O–H groups in total. The number of amides is 1. The van der Waals surface area contributed by atoms with Crippen molar-refractivity contribution >= 4 is 44.8 Å². The molecule has 6 heteroatoms. The Morgan fingerprint density at radius 2 is 2.17 bits per heavy atom. The van der Waals surface area contributed by atoms with Crippen LogP contribution >= 0.6 is 38.9 Å². The maximum Gasteiger partial charge on any atom is 0.256 e. The molecule has 0 unspecified atom stereocenters. The molecule has 94 valence electrons. The van der Waals surface area contributed by atoms with Crippen LogP contribution in [0.25, 0.3) is 0 Å². The molecule has 0 saturated heterocycles. The molecular weight excluding hydrogens is 341 g/mol. The van der Waals surface area contributed by atoms with Crippen LogP contribution in [0.3, 0.4) is 0 Å². The lowest BCUT2D eigenvalue weighted by Crippen LogP contribution is -2.23. The van der Waals surface area contributed by atoms with Crippen LogP contribution in [0.15, 0.2) is 34.1 Å². The summed E-state index contributed by atoms with van der Waals surface area (Å²) in [4.78, 5) is 12.8. The second-order valence-corrected chi connectivity index (χ2v) is 6.44. The summed E-state index contributed by atoms with van der Waals surface area (Å²) in [5, 5.41) is 2.75. The molecule has 1 amide bonds. The molecule has 1 heterocycles. The van der Waals surface area contributed by atoms with E-state index < -0.39 is 11.7 Å². The van der Waals surface area contributed by atoms with E-state index in [1.165, 1.54) is 29.5 Å². The molecule has 0 aliphatic carbocycles. The summed E-state index contributed by atoms with van der Waals surface area (Å²) < 4.78 is 14.5. The molecular formula is C12H8BrClFNOS. The molecule has 0 saturated carbocycles. The monoisotopic (exact) mass is 347 g/mol. The van der Waals surface area contributed by atoms with Gasteiger partial charge in [0.1, 0.15) is 5.82 Å². The van der Waals surface area contributed by atoms with E-state index in [1.54, 1.807) is 0 Å². The number of carbonyl (C=O) groups is 1. The molecule has 18 heavy (non-hydrogen) atoms. The van der Waals surface area contributed by atoms with Crippen LogP contribution in [0.5, 0.6) is 0 Å². The third-order valence-corrected chi connectivity index (χ3v) is 4.18. The Bertz CT molecular complexity index is 567. The first-order chi connectivity index (χ1) is 8.58. The smallest absolute Gasteiger partial charge is 0.256 e. The Balaban J connectivity index is 2.08. The van der Waals surface area contributed by atoms with Crippen molar-refractivity contribution in [2.75, 3.05) is 0 Å². The zero-order chi connectivity index (χ0) is 13.1. The Morgan fingerprint density at radius 1 is 1.39 bits per heavy atom. The maximum atomic E-state index is 13.5. The average molecular weight is 349 g/mol. The van der Waals surface area contributed by atoms with Gasteiger partial charge in [-0.1, -0.05) is 17.7 Å². The van der Waals surface area contributed by atoms with E-state index in [0.717, 1.165) is 8.66 Å².